The lowest BCUT2D eigenvalue weighted by molar-refractivity contribution is -0.140. The zero-order valence-corrected chi connectivity index (χ0v) is 33.6. The van der Waals surface area contributed by atoms with E-state index in [-0.39, 0.29) is 49.7 Å². The van der Waals surface area contributed by atoms with Crippen LogP contribution in [0.25, 0.3) is 22.6 Å². The van der Waals surface area contributed by atoms with Crippen LogP contribution in [-0.2, 0) is 24.4 Å². The van der Waals surface area contributed by atoms with Gasteiger partial charge < -0.3 is 19.7 Å². The third-order valence-electron chi connectivity index (χ3n) is 11.5. The quantitative estimate of drug-likeness (QED) is 0.260. The van der Waals surface area contributed by atoms with Crippen LogP contribution in [0.5, 0.6) is 11.5 Å². The second-order valence-electron chi connectivity index (χ2n) is 16.7. The van der Waals surface area contributed by atoms with Crippen LogP contribution in [0.15, 0.2) is 67.1 Å². The molecular formula is C42H52N6O7S. The summed E-state index contributed by atoms with van der Waals surface area (Å²) in [7, 11) is -3.95. The molecule has 2 aromatic heterocycles. The molecule has 298 valence electrons. The molecule has 4 heterocycles. The van der Waals surface area contributed by atoms with Gasteiger partial charge in [0.15, 0.2) is 0 Å². The Balaban J connectivity index is 1.18. The maximum atomic E-state index is 14.4. The molecule has 14 heteroatoms. The molecule has 6 atom stereocenters. The standard InChI is InChI=1S/C42H52N6O7S/c1-26(2)54-31-12-10-29(11-13-31)34-20-32(21-35(45-34)36-24-43-16-17-44-36)55-33-22-37-39(50)46-42(40(51)47-56(52,53)41(5)14-15-41)23-30(42)9-7-6-8-27(3)18-28(4)19-38(49)48(37)25-33/h7,9-13,16-17,20-21,24,26-28,30,33,37H,6,8,14-15,18-19,22-23,25H2,1-5H3,(H,46,50)(H,47,51)/b9-7-/t27?,28-,30?,33-,37+,42-/m1/s1. The van der Waals surface area contributed by atoms with Gasteiger partial charge in [-0.05, 0) is 95.4 Å². The number of carbonyl (C=O) groups is 3. The summed E-state index contributed by atoms with van der Waals surface area (Å²) < 4.78 is 40.1. The molecular weight excluding hydrogens is 733 g/mol. The van der Waals surface area contributed by atoms with Gasteiger partial charge in [-0.3, -0.25) is 29.1 Å². The predicted molar refractivity (Wildman–Crippen MR) is 211 cm³/mol. The molecule has 2 N–H and O–H groups in total. The van der Waals surface area contributed by atoms with Crippen molar-refractivity contribution >= 4 is 27.7 Å². The van der Waals surface area contributed by atoms with E-state index in [9.17, 15) is 22.8 Å². The average molecular weight is 785 g/mol. The first-order chi connectivity index (χ1) is 26.6. The monoisotopic (exact) mass is 784 g/mol. The molecule has 0 radical (unpaired) electrons. The van der Waals surface area contributed by atoms with E-state index in [1.54, 1.807) is 36.5 Å². The number of benzene rings is 1. The van der Waals surface area contributed by atoms with E-state index in [2.05, 4.69) is 33.9 Å². The highest BCUT2D eigenvalue weighted by Crippen LogP contribution is 2.47. The number of nitrogens with one attached hydrogen (secondary N) is 2. The molecule has 2 saturated carbocycles. The van der Waals surface area contributed by atoms with Crippen LogP contribution in [0.4, 0.5) is 0 Å². The molecule has 2 aliphatic heterocycles. The van der Waals surface area contributed by atoms with Crippen LogP contribution in [-0.4, -0.2) is 81.1 Å². The minimum atomic E-state index is -3.95. The molecule has 0 spiro atoms. The number of hydrogen-bond acceptors (Lipinski definition) is 10. The number of nitrogens with zero attached hydrogens (tertiary/aromatic N) is 4. The van der Waals surface area contributed by atoms with Gasteiger partial charge in [-0.25, -0.2) is 13.4 Å². The summed E-state index contributed by atoms with van der Waals surface area (Å²) in [6.45, 7) is 9.93. The Hall–Kier alpha value is -4.85. The van der Waals surface area contributed by atoms with Gasteiger partial charge in [0.1, 0.15) is 34.9 Å². The predicted octanol–water partition coefficient (Wildman–Crippen LogP) is 5.62. The highest BCUT2D eigenvalue weighted by atomic mass is 32.2. The van der Waals surface area contributed by atoms with Crippen molar-refractivity contribution in [2.24, 2.45) is 17.8 Å². The van der Waals surface area contributed by atoms with Gasteiger partial charge in [-0.15, -0.1) is 0 Å². The number of amides is 3. The number of hydrogen-bond donors (Lipinski definition) is 2. The second-order valence-corrected chi connectivity index (χ2v) is 18.9. The summed E-state index contributed by atoms with van der Waals surface area (Å²) in [5, 5.41) is 2.95. The molecule has 3 aromatic rings. The van der Waals surface area contributed by atoms with Gasteiger partial charge in [-0.2, -0.15) is 0 Å². The smallest absolute Gasteiger partial charge is 0.259 e. The summed E-state index contributed by atoms with van der Waals surface area (Å²) >= 11 is 0. The summed E-state index contributed by atoms with van der Waals surface area (Å²) in [6, 6.07) is 10.3. The summed E-state index contributed by atoms with van der Waals surface area (Å²) in [5.74, 6) is -0.151. The van der Waals surface area contributed by atoms with E-state index in [0.717, 1.165) is 30.6 Å². The molecule has 7 rings (SSSR count). The molecule has 3 fully saturated rings. The normalized spacial score (nSPS) is 28.2. The van der Waals surface area contributed by atoms with E-state index >= 15 is 0 Å². The number of allylic oxidation sites excluding steroid dienone is 1. The van der Waals surface area contributed by atoms with Crippen molar-refractivity contribution < 1.29 is 32.3 Å². The van der Waals surface area contributed by atoms with E-state index in [1.807, 2.05) is 56.3 Å². The molecule has 1 aromatic carbocycles. The van der Waals surface area contributed by atoms with Crippen molar-refractivity contribution in [1.29, 1.82) is 0 Å². The van der Waals surface area contributed by atoms with Crippen LogP contribution < -0.4 is 19.5 Å². The van der Waals surface area contributed by atoms with Gasteiger partial charge in [0.2, 0.25) is 21.8 Å². The zero-order chi connectivity index (χ0) is 39.8. The third kappa shape index (κ3) is 8.59. The first kappa shape index (κ1) is 39.4. The maximum absolute atomic E-state index is 14.4. The van der Waals surface area contributed by atoms with Gasteiger partial charge in [0, 0.05) is 48.8 Å². The lowest BCUT2D eigenvalue weighted by Crippen LogP contribution is -2.57. The van der Waals surface area contributed by atoms with E-state index < -0.39 is 44.3 Å². The third-order valence-corrected chi connectivity index (χ3v) is 13.6. The number of carbonyl (C=O) groups excluding carboxylic acids is 3. The van der Waals surface area contributed by atoms with Gasteiger partial charge in [0.05, 0.1) is 35.0 Å². The van der Waals surface area contributed by atoms with Crippen LogP contribution >= 0.6 is 0 Å². The van der Waals surface area contributed by atoms with Crippen molar-refractivity contribution in [2.45, 2.75) is 115 Å². The van der Waals surface area contributed by atoms with Crippen molar-refractivity contribution in [3.63, 3.8) is 0 Å². The number of aromatic nitrogens is 3. The van der Waals surface area contributed by atoms with Crippen LogP contribution in [0.3, 0.4) is 0 Å². The summed E-state index contributed by atoms with van der Waals surface area (Å²) in [6.07, 6.45) is 12.3. The Morgan fingerprint density at radius 3 is 2.45 bits per heavy atom. The molecule has 3 amide bonds. The fourth-order valence-electron chi connectivity index (χ4n) is 7.87. The molecule has 2 unspecified atom stereocenters. The minimum Gasteiger partial charge on any atom is -0.491 e. The Labute approximate surface area is 329 Å². The van der Waals surface area contributed by atoms with Gasteiger partial charge in [-0.1, -0.05) is 26.0 Å². The second kappa shape index (κ2) is 15.6. The number of pyridine rings is 1. The largest absolute Gasteiger partial charge is 0.491 e. The molecule has 1 saturated heterocycles. The van der Waals surface area contributed by atoms with Crippen molar-refractivity contribution in [2.75, 3.05) is 6.54 Å². The molecule has 56 heavy (non-hydrogen) atoms. The Morgan fingerprint density at radius 1 is 1.00 bits per heavy atom. The van der Waals surface area contributed by atoms with Crippen molar-refractivity contribution in [1.82, 2.24) is 29.9 Å². The highest BCUT2D eigenvalue weighted by molar-refractivity contribution is 7.91. The van der Waals surface area contributed by atoms with Crippen LogP contribution in [0.1, 0.15) is 86.0 Å². The molecule has 13 nitrogen and oxygen atoms in total. The molecule has 2 aliphatic carbocycles. The van der Waals surface area contributed by atoms with Crippen molar-refractivity contribution in [3.05, 3.63) is 67.1 Å². The number of rotatable bonds is 9. The summed E-state index contributed by atoms with van der Waals surface area (Å²) in [4.78, 5) is 57.4. The van der Waals surface area contributed by atoms with E-state index in [0.29, 0.717) is 41.6 Å². The lowest BCUT2D eigenvalue weighted by Gasteiger charge is -2.28. The fraction of sp³-hybridized carbons (Fsp3) is 0.524. The minimum absolute atomic E-state index is 0.0256. The SMILES string of the molecule is CC1CC/C=C\C2C[C@@]2(C(=O)NS(=O)(=O)C2(C)CC2)NC(=O)[C@@H]2C[C@@H](Oc3cc(-c4ccc(OC(C)C)cc4)nc(-c4cnccn4)c3)CN2C(=O)C[C@H](C)C1. The van der Waals surface area contributed by atoms with Crippen LogP contribution in [0.2, 0.25) is 0 Å². The van der Waals surface area contributed by atoms with E-state index in [1.165, 1.54) is 0 Å². The number of sulfonamides is 1. The van der Waals surface area contributed by atoms with Gasteiger partial charge in [0.25, 0.3) is 5.91 Å². The highest BCUT2D eigenvalue weighted by Gasteiger charge is 2.63. The Morgan fingerprint density at radius 2 is 1.75 bits per heavy atom. The average Bonchev–Trinajstić information content (AvgIpc) is 4.03. The number of fused-ring (bicyclic) bond motifs is 2. The lowest BCUT2D eigenvalue weighted by atomic mass is 9.91. The summed E-state index contributed by atoms with van der Waals surface area (Å²) in [5.41, 5.74) is 1.08. The van der Waals surface area contributed by atoms with E-state index in [4.69, 9.17) is 14.5 Å². The first-order valence-corrected chi connectivity index (χ1v) is 21.2. The fourth-order valence-corrected chi connectivity index (χ4v) is 9.18. The van der Waals surface area contributed by atoms with Crippen molar-refractivity contribution in [3.8, 4) is 34.1 Å². The Kier molecular flexibility index (Phi) is 11.0. The first-order valence-electron chi connectivity index (χ1n) is 19.7. The topological polar surface area (TPSA) is 170 Å². The molecule has 4 aliphatic rings. The molecule has 0 bridgehead atoms. The maximum Gasteiger partial charge on any atom is 0.259 e. The van der Waals surface area contributed by atoms with Crippen LogP contribution in [0, 0.1) is 17.8 Å². The number of ether oxygens (including phenoxy) is 2. The zero-order valence-electron chi connectivity index (χ0n) is 32.7. The Bertz CT molecular complexity index is 2090. The van der Waals surface area contributed by atoms with Gasteiger partial charge >= 0.3 is 0 Å².